The number of anilines is 2. The first-order chi connectivity index (χ1) is 10.1. The van der Waals surface area contributed by atoms with E-state index >= 15 is 0 Å². The summed E-state index contributed by atoms with van der Waals surface area (Å²) in [6.45, 7) is 6.00. The molecule has 0 aliphatic rings. The Morgan fingerprint density at radius 3 is 2.71 bits per heavy atom. The SMILES string of the molecule is CCC(C)NC(=O)c1cnc(Nc2cccc(C)c2)cn1. The monoisotopic (exact) mass is 284 g/mol. The molecule has 1 unspecified atom stereocenters. The van der Waals surface area contributed by atoms with Crippen molar-refractivity contribution < 1.29 is 4.79 Å². The van der Waals surface area contributed by atoms with E-state index in [2.05, 4.69) is 20.6 Å². The van der Waals surface area contributed by atoms with Crippen molar-refractivity contribution in [1.29, 1.82) is 0 Å². The molecule has 0 aliphatic heterocycles. The predicted octanol–water partition coefficient (Wildman–Crippen LogP) is 3.06. The van der Waals surface area contributed by atoms with E-state index in [1.807, 2.05) is 45.0 Å². The van der Waals surface area contributed by atoms with Crippen molar-refractivity contribution in [1.82, 2.24) is 15.3 Å². The zero-order chi connectivity index (χ0) is 15.2. The molecule has 1 atom stereocenters. The summed E-state index contributed by atoms with van der Waals surface area (Å²) in [6, 6.07) is 8.10. The first kappa shape index (κ1) is 15.0. The lowest BCUT2D eigenvalue weighted by molar-refractivity contribution is 0.0934. The second-order valence-corrected chi connectivity index (χ2v) is 5.06. The van der Waals surface area contributed by atoms with Gasteiger partial charge in [-0.2, -0.15) is 0 Å². The molecule has 0 radical (unpaired) electrons. The number of amides is 1. The molecule has 1 aromatic heterocycles. The fourth-order valence-corrected chi connectivity index (χ4v) is 1.78. The van der Waals surface area contributed by atoms with Crippen LogP contribution in [0.1, 0.15) is 36.3 Å². The first-order valence-corrected chi connectivity index (χ1v) is 7.05. The Kier molecular flexibility index (Phi) is 4.87. The van der Waals surface area contributed by atoms with Gasteiger partial charge in [0.15, 0.2) is 0 Å². The maximum Gasteiger partial charge on any atom is 0.271 e. The Morgan fingerprint density at radius 1 is 1.29 bits per heavy atom. The number of nitrogens with zero attached hydrogens (tertiary/aromatic N) is 2. The highest BCUT2D eigenvalue weighted by Crippen LogP contribution is 2.14. The van der Waals surface area contributed by atoms with Crippen molar-refractivity contribution in [3.63, 3.8) is 0 Å². The van der Waals surface area contributed by atoms with E-state index in [9.17, 15) is 4.79 Å². The van der Waals surface area contributed by atoms with Gasteiger partial charge in [-0.15, -0.1) is 0 Å². The van der Waals surface area contributed by atoms with Gasteiger partial charge in [0.05, 0.1) is 12.4 Å². The van der Waals surface area contributed by atoms with Crippen LogP contribution in [0.3, 0.4) is 0 Å². The molecule has 0 saturated heterocycles. The number of nitrogens with one attached hydrogen (secondary N) is 2. The van der Waals surface area contributed by atoms with Crippen molar-refractivity contribution >= 4 is 17.4 Å². The van der Waals surface area contributed by atoms with Crippen LogP contribution in [0.2, 0.25) is 0 Å². The van der Waals surface area contributed by atoms with E-state index in [-0.39, 0.29) is 11.9 Å². The van der Waals surface area contributed by atoms with Crippen LogP contribution in [0, 0.1) is 6.92 Å². The molecular weight excluding hydrogens is 264 g/mol. The lowest BCUT2D eigenvalue weighted by Crippen LogP contribution is -2.32. The largest absolute Gasteiger partial charge is 0.348 e. The van der Waals surface area contributed by atoms with Crippen molar-refractivity contribution in [3.8, 4) is 0 Å². The molecule has 0 spiro atoms. The summed E-state index contributed by atoms with van der Waals surface area (Å²) < 4.78 is 0. The van der Waals surface area contributed by atoms with Crippen molar-refractivity contribution in [3.05, 3.63) is 47.9 Å². The Morgan fingerprint density at radius 2 is 2.10 bits per heavy atom. The van der Waals surface area contributed by atoms with Gasteiger partial charge in [0.2, 0.25) is 0 Å². The van der Waals surface area contributed by atoms with Crippen molar-refractivity contribution in [2.75, 3.05) is 5.32 Å². The molecule has 1 heterocycles. The third-order valence-corrected chi connectivity index (χ3v) is 3.16. The van der Waals surface area contributed by atoms with Crippen LogP contribution in [0.25, 0.3) is 0 Å². The fourth-order valence-electron chi connectivity index (χ4n) is 1.78. The summed E-state index contributed by atoms with van der Waals surface area (Å²) in [5, 5.41) is 6.02. The van der Waals surface area contributed by atoms with Crippen LogP contribution in [-0.2, 0) is 0 Å². The Labute approximate surface area is 124 Å². The lowest BCUT2D eigenvalue weighted by atomic mass is 10.2. The average Bonchev–Trinajstić information content (AvgIpc) is 2.47. The average molecular weight is 284 g/mol. The molecule has 1 aromatic carbocycles. The van der Waals surface area contributed by atoms with E-state index in [1.54, 1.807) is 6.20 Å². The van der Waals surface area contributed by atoms with E-state index < -0.39 is 0 Å². The maximum atomic E-state index is 11.9. The summed E-state index contributed by atoms with van der Waals surface area (Å²) >= 11 is 0. The third-order valence-electron chi connectivity index (χ3n) is 3.16. The summed E-state index contributed by atoms with van der Waals surface area (Å²) in [5.41, 5.74) is 2.43. The lowest BCUT2D eigenvalue weighted by Gasteiger charge is -2.11. The molecule has 0 bridgehead atoms. The summed E-state index contributed by atoms with van der Waals surface area (Å²) in [5.74, 6) is 0.416. The minimum absolute atomic E-state index is 0.129. The molecule has 0 fully saturated rings. The van der Waals surface area contributed by atoms with Crippen LogP contribution < -0.4 is 10.6 Å². The standard InChI is InChI=1S/C16H20N4O/c1-4-12(3)19-16(21)14-9-18-15(10-17-14)20-13-7-5-6-11(2)8-13/h5-10,12H,4H2,1-3H3,(H,18,20)(H,19,21). The zero-order valence-corrected chi connectivity index (χ0v) is 12.6. The van der Waals surface area contributed by atoms with Gasteiger partial charge < -0.3 is 10.6 Å². The van der Waals surface area contributed by atoms with Crippen LogP contribution in [0.5, 0.6) is 0 Å². The topological polar surface area (TPSA) is 66.9 Å². The van der Waals surface area contributed by atoms with Crippen molar-refractivity contribution in [2.24, 2.45) is 0 Å². The molecular formula is C16H20N4O. The van der Waals surface area contributed by atoms with Crippen LogP contribution in [0.15, 0.2) is 36.7 Å². The Balaban J connectivity index is 2.03. The molecule has 5 nitrogen and oxygen atoms in total. The number of carbonyl (C=O) groups is 1. The van der Waals surface area contributed by atoms with Crippen LogP contribution in [0.4, 0.5) is 11.5 Å². The minimum Gasteiger partial charge on any atom is -0.348 e. The normalized spacial score (nSPS) is 11.8. The van der Waals surface area contributed by atoms with Gasteiger partial charge in [0.1, 0.15) is 11.5 Å². The second-order valence-electron chi connectivity index (χ2n) is 5.06. The molecule has 110 valence electrons. The van der Waals surface area contributed by atoms with Gasteiger partial charge in [-0.05, 0) is 38.0 Å². The fraction of sp³-hybridized carbons (Fsp3) is 0.312. The van der Waals surface area contributed by atoms with Gasteiger partial charge in [-0.3, -0.25) is 4.79 Å². The highest BCUT2D eigenvalue weighted by atomic mass is 16.1. The minimum atomic E-state index is -0.195. The summed E-state index contributed by atoms with van der Waals surface area (Å²) in [4.78, 5) is 20.3. The Hall–Kier alpha value is -2.43. The van der Waals surface area contributed by atoms with Crippen LogP contribution >= 0.6 is 0 Å². The van der Waals surface area contributed by atoms with Gasteiger partial charge >= 0.3 is 0 Å². The van der Waals surface area contributed by atoms with Gasteiger partial charge in [-0.1, -0.05) is 19.1 Å². The highest BCUT2D eigenvalue weighted by Gasteiger charge is 2.10. The number of hydrogen-bond donors (Lipinski definition) is 2. The zero-order valence-electron chi connectivity index (χ0n) is 12.6. The number of aryl methyl sites for hydroxylation is 1. The Bertz CT molecular complexity index is 610. The third kappa shape index (κ3) is 4.27. The molecule has 2 aromatic rings. The smallest absolute Gasteiger partial charge is 0.271 e. The molecule has 5 heteroatoms. The molecule has 2 rings (SSSR count). The molecule has 21 heavy (non-hydrogen) atoms. The number of carbonyl (C=O) groups excluding carboxylic acids is 1. The maximum absolute atomic E-state index is 11.9. The quantitative estimate of drug-likeness (QED) is 0.885. The number of rotatable bonds is 5. The number of aromatic nitrogens is 2. The van der Waals surface area contributed by atoms with E-state index in [4.69, 9.17) is 0 Å². The summed E-state index contributed by atoms with van der Waals surface area (Å²) in [6.07, 6.45) is 3.93. The van der Waals surface area contributed by atoms with E-state index in [0.717, 1.165) is 17.7 Å². The highest BCUT2D eigenvalue weighted by molar-refractivity contribution is 5.92. The number of benzene rings is 1. The van der Waals surface area contributed by atoms with Crippen LogP contribution in [-0.4, -0.2) is 21.9 Å². The first-order valence-electron chi connectivity index (χ1n) is 7.05. The predicted molar refractivity (Wildman–Crippen MR) is 83.7 cm³/mol. The van der Waals surface area contributed by atoms with Crippen molar-refractivity contribution in [2.45, 2.75) is 33.2 Å². The molecule has 2 N–H and O–H groups in total. The second kappa shape index (κ2) is 6.83. The van der Waals surface area contributed by atoms with E-state index in [0.29, 0.717) is 11.5 Å². The van der Waals surface area contributed by atoms with Gasteiger partial charge in [-0.25, -0.2) is 9.97 Å². The van der Waals surface area contributed by atoms with Gasteiger partial charge in [0, 0.05) is 11.7 Å². The molecule has 0 aliphatic carbocycles. The molecule has 0 saturated carbocycles. The van der Waals surface area contributed by atoms with E-state index in [1.165, 1.54) is 6.20 Å². The summed E-state index contributed by atoms with van der Waals surface area (Å²) in [7, 11) is 0. The molecule has 1 amide bonds. The van der Waals surface area contributed by atoms with Gasteiger partial charge in [0.25, 0.3) is 5.91 Å². The number of hydrogen-bond acceptors (Lipinski definition) is 4.